The number of carbonyl (C=O) groups excluding carboxylic acids is 1. The molecule has 37 heavy (non-hydrogen) atoms. The number of cyclic esters (lactones) is 1. The first-order valence-corrected chi connectivity index (χ1v) is 12.3. The van der Waals surface area contributed by atoms with Crippen LogP contribution in [0.25, 0.3) is 22.3 Å². The molecule has 3 aromatic heterocycles. The fourth-order valence-electron chi connectivity index (χ4n) is 4.61. The summed E-state index contributed by atoms with van der Waals surface area (Å²) in [7, 11) is 1.55. The van der Waals surface area contributed by atoms with Crippen LogP contribution in [0.5, 0.6) is 11.6 Å². The van der Waals surface area contributed by atoms with Crippen molar-refractivity contribution in [1.82, 2.24) is 15.0 Å². The highest BCUT2D eigenvalue weighted by Gasteiger charge is 2.39. The molecule has 0 amide bonds. The highest BCUT2D eigenvalue weighted by molar-refractivity contribution is 6.32. The van der Waals surface area contributed by atoms with Crippen LogP contribution < -0.4 is 14.8 Å². The molecule has 9 nitrogen and oxygen atoms in total. The summed E-state index contributed by atoms with van der Waals surface area (Å²) >= 11 is 6.39. The molecule has 1 aromatic carbocycles. The Labute approximate surface area is 218 Å². The van der Waals surface area contributed by atoms with Crippen LogP contribution in [-0.4, -0.2) is 54.0 Å². The molecule has 0 saturated carbocycles. The van der Waals surface area contributed by atoms with Crippen molar-refractivity contribution in [2.75, 3.05) is 32.2 Å². The molecule has 6 rings (SSSR count). The first-order valence-electron chi connectivity index (χ1n) is 11.9. The summed E-state index contributed by atoms with van der Waals surface area (Å²) in [6.07, 6.45) is 1.69. The normalized spacial score (nSPS) is 16.6. The van der Waals surface area contributed by atoms with Gasteiger partial charge in [-0.3, -0.25) is 4.98 Å². The van der Waals surface area contributed by atoms with Crippen molar-refractivity contribution >= 4 is 40.0 Å². The van der Waals surface area contributed by atoms with E-state index in [-0.39, 0.29) is 12.7 Å². The lowest BCUT2D eigenvalue weighted by Gasteiger charge is -2.29. The van der Waals surface area contributed by atoms with Gasteiger partial charge in [0.25, 0.3) is 0 Å². The maximum atomic E-state index is 13.1. The van der Waals surface area contributed by atoms with E-state index < -0.39 is 11.4 Å². The number of carbonyl (C=O) groups is 1. The number of pyridine rings is 2. The summed E-state index contributed by atoms with van der Waals surface area (Å²) in [6, 6.07) is 10.9. The van der Waals surface area contributed by atoms with E-state index >= 15 is 0 Å². The molecule has 190 valence electrons. The van der Waals surface area contributed by atoms with Gasteiger partial charge in [-0.25, -0.2) is 9.78 Å². The molecule has 0 atom stereocenters. The van der Waals surface area contributed by atoms with Gasteiger partial charge in [-0.15, -0.1) is 0 Å². The molecule has 0 radical (unpaired) electrons. The molecule has 0 spiro atoms. The maximum Gasteiger partial charge on any atom is 0.342 e. The minimum Gasteiger partial charge on any atom is -0.493 e. The zero-order chi connectivity index (χ0) is 25.7. The van der Waals surface area contributed by atoms with Gasteiger partial charge in [0.2, 0.25) is 5.88 Å². The lowest BCUT2D eigenvalue weighted by Crippen LogP contribution is -2.38. The molecular formula is C27H25ClN4O5. The van der Waals surface area contributed by atoms with Gasteiger partial charge in [-0.1, -0.05) is 31.5 Å². The third-order valence-corrected chi connectivity index (χ3v) is 6.90. The van der Waals surface area contributed by atoms with Crippen molar-refractivity contribution < 1.29 is 23.7 Å². The molecular weight excluding hydrogens is 496 g/mol. The first-order chi connectivity index (χ1) is 17.9. The van der Waals surface area contributed by atoms with Crippen LogP contribution in [0.2, 0.25) is 5.02 Å². The number of anilines is 2. The van der Waals surface area contributed by atoms with Crippen LogP contribution >= 0.6 is 11.6 Å². The largest absolute Gasteiger partial charge is 0.493 e. The molecule has 2 N–H and O–H groups in total. The number of ether oxygens (including phenoxy) is 4. The average molecular weight is 521 g/mol. The highest BCUT2D eigenvalue weighted by atomic mass is 35.5. The lowest BCUT2D eigenvalue weighted by molar-refractivity contribution is -0.0812. The molecule has 2 aliphatic heterocycles. The Balaban J connectivity index is 1.56. The number of aromatic amines is 1. The van der Waals surface area contributed by atoms with E-state index in [4.69, 9.17) is 35.5 Å². The van der Waals surface area contributed by atoms with E-state index in [1.807, 2.05) is 38.1 Å². The van der Waals surface area contributed by atoms with Gasteiger partial charge >= 0.3 is 5.97 Å². The number of nitrogens with one attached hydrogen (secondary N) is 2. The fraction of sp³-hybridized carbons (Fsp3) is 0.296. The number of benzene rings is 1. The molecule has 4 aromatic rings. The van der Waals surface area contributed by atoms with Crippen LogP contribution in [-0.2, 0) is 14.9 Å². The van der Waals surface area contributed by atoms with Crippen molar-refractivity contribution in [1.29, 1.82) is 0 Å². The Morgan fingerprint density at radius 3 is 2.78 bits per heavy atom. The van der Waals surface area contributed by atoms with Gasteiger partial charge in [0, 0.05) is 28.9 Å². The van der Waals surface area contributed by atoms with E-state index in [2.05, 4.69) is 15.3 Å². The van der Waals surface area contributed by atoms with Gasteiger partial charge in [-0.05, 0) is 24.3 Å². The van der Waals surface area contributed by atoms with E-state index in [0.717, 1.165) is 11.3 Å². The van der Waals surface area contributed by atoms with Gasteiger partial charge < -0.3 is 29.2 Å². The summed E-state index contributed by atoms with van der Waals surface area (Å²) in [5.41, 5.74) is 4.65. The minimum atomic E-state index is -0.439. The molecule has 1 fully saturated rings. The van der Waals surface area contributed by atoms with Crippen LogP contribution in [0, 0.1) is 0 Å². The van der Waals surface area contributed by atoms with E-state index in [0.29, 0.717) is 63.5 Å². The van der Waals surface area contributed by atoms with Crippen LogP contribution in [0.3, 0.4) is 0 Å². The Hall–Kier alpha value is -3.82. The summed E-state index contributed by atoms with van der Waals surface area (Å²) < 4.78 is 22.3. The van der Waals surface area contributed by atoms with Crippen molar-refractivity contribution in [3.8, 4) is 22.9 Å². The van der Waals surface area contributed by atoms with Crippen molar-refractivity contribution in [2.45, 2.75) is 25.4 Å². The summed E-state index contributed by atoms with van der Waals surface area (Å²) in [6.45, 7) is 5.39. The van der Waals surface area contributed by atoms with Gasteiger partial charge in [0.15, 0.2) is 5.75 Å². The number of para-hydroxylation sites is 1. The van der Waals surface area contributed by atoms with Crippen LogP contribution in [0.15, 0.2) is 42.6 Å². The predicted molar refractivity (Wildman–Crippen MR) is 139 cm³/mol. The monoisotopic (exact) mass is 520 g/mol. The van der Waals surface area contributed by atoms with Crippen molar-refractivity contribution in [3.63, 3.8) is 0 Å². The Morgan fingerprint density at radius 2 is 2.03 bits per heavy atom. The Morgan fingerprint density at radius 1 is 1.19 bits per heavy atom. The number of esters is 1. The number of fused-ring (bicyclic) bond motifs is 2. The lowest BCUT2D eigenvalue weighted by atomic mass is 9.86. The quantitative estimate of drug-likeness (QED) is 0.332. The molecule has 0 unspecified atom stereocenters. The van der Waals surface area contributed by atoms with Crippen molar-refractivity contribution in [3.05, 3.63) is 58.9 Å². The third kappa shape index (κ3) is 4.04. The number of hydrogen-bond donors (Lipinski definition) is 2. The van der Waals surface area contributed by atoms with E-state index in [1.54, 1.807) is 25.4 Å². The molecule has 10 heteroatoms. The Bertz CT molecular complexity index is 1530. The number of nitrogens with zero attached hydrogens (tertiary/aromatic N) is 2. The molecule has 0 bridgehead atoms. The number of aromatic nitrogens is 3. The number of hydrogen-bond acceptors (Lipinski definition) is 8. The second-order valence-corrected chi connectivity index (χ2v) is 10.1. The standard InChI is InChI=1S/C27H25ClN4O5/c1-27(2)13-36-26(33)20-23(30-18-6-4-5-16(28)24(18)34-3)22(32-25(20)27)15-9-10-29-17-7-8-19(31-21(15)17)37-14-11-35-12-14/h4-10,14,30,32H,11-13H2,1-3H3. The second-order valence-electron chi connectivity index (χ2n) is 9.68. The Kier molecular flexibility index (Phi) is 5.69. The van der Waals surface area contributed by atoms with Gasteiger partial charge in [0.05, 0.1) is 47.9 Å². The zero-order valence-corrected chi connectivity index (χ0v) is 21.3. The second kappa shape index (κ2) is 8.93. The fourth-order valence-corrected chi connectivity index (χ4v) is 4.86. The predicted octanol–water partition coefficient (Wildman–Crippen LogP) is 5.26. The number of methoxy groups -OCH3 is 1. The highest BCUT2D eigenvalue weighted by Crippen LogP contribution is 2.45. The number of rotatable bonds is 6. The van der Waals surface area contributed by atoms with Gasteiger partial charge in [-0.2, -0.15) is 0 Å². The maximum absolute atomic E-state index is 13.1. The van der Waals surface area contributed by atoms with Gasteiger partial charge in [0.1, 0.15) is 23.8 Å². The van der Waals surface area contributed by atoms with Crippen LogP contribution in [0.1, 0.15) is 29.9 Å². The molecule has 0 aliphatic carbocycles. The van der Waals surface area contributed by atoms with Crippen molar-refractivity contribution in [2.24, 2.45) is 0 Å². The number of halogens is 1. The third-order valence-electron chi connectivity index (χ3n) is 6.60. The average Bonchev–Trinajstić information content (AvgIpc) is 3.24. The zero-order valence-electron chi connectivity index (χ0n) is 20.6. The summed E-state index contributed by atoms with van der Waals surface area (Å²) in [5, 5.41) is 3.84. The molecule has 1 saturated heterocycles. The SMILES string of the molecule is COc1c(Cl)cccc1Nc1c(-c2ccnc3ccc(OC4COC4)nc23)[nH]c2c1C(=O)OCC2(C)C. The van der Waals surface area contributed by atoms with E-state index in [1.165, 1.54) is 0 Å². The topological polar surface area (TPSA) is 108 Å². The summed E-state index contributed by atoms with van der Waals surface area (Å²) in [5.74, 6) is 0.530. The minimum absolute atomic E-state index is 0.0223. The molecule has 5 heterocycles. The number of H-pyrrole nitrogens is 1. The summed E-state index contributed by atoms with van der Waals surface area (Å²) in [4.78, 5) is 25.9. The van der Waals surface area contributed by atoms with Crippen LogP contribution in [0.4, 0.5) is 11.4 Å². The van der Waals surface area contributed by atoms with E-state index in [9.17, 15) is 4.79 Å². The smallest absolute Gasteiger partial charge is 0.342 e. The first kappa shape index (κ1) is 23.6. The molecule has 2 aliphatic rings.